The summed E-state index contributed by atoms with van der Waals surface area (Å²) in [5, 5.41) is 2.55. The minimum absolute atomic E-state index is 0.0748. The Balaban J connectivity index is 2.40. The summed E-state index contributed by atoms with van der Waals surface area (Å²) >= 11 is 1.29. The number of benzene rings is 1. The van der Waals surface area contributed by atoms with Gasteiger partial charge in [0.15, 0.2) is 6.61 Å². The highest BCUT2D eigenvalue weighted by Crippen LogP contribution is 2.21. The zero-order valence-electron chi connectivity index (χ0n) is 15.4. The molecular formula is C18H25NO6S. The molecule has 1 N–H and O–H groups in total. The Hall–Kier alpha value is -2.22. The van der Waals surface area contributed by atoms with E-state index in [0.29, 0.717) is 6.42 Å². The quantitative estimate of drug-likeness (QED) is 0.488. The Morgan fingerprint density at radius 2 is 1.81 bits per heavy atom. The van der Waals surface area contributed by atoms with E-state index in [4.69, 9.17) is 14.2 Å². The van der Waals surface area contributed by atoms with Gasteiger partial charge < -0.3 is 19.5 Å². The fourth-order valence-corrected chi connectivity index (χ4v) is 2.71. The molecule has 144 valence electrons. The summed E-state index contributed by atoms with van der Waals surface area (Å²) < 4.78 is 14.7. The molecule has 1 rings (SSSR count). The highest BCUT2D eigenvalue weighted by atomic mass is 32.2. The van der Waals surface area contributed by atoms with Crippen molar-refractivity contribution in [3.63, 3.8) is 0 Å². The summed E-state index contributed by atoms with van der Waals surface area (Å²) in [6, 6.07) is 6.49. The van der Waals surface area contributed by atoms with Crippen LogP contribution in [0.5, 0.6) is 5.75 Å². The van der Waals surface area contributed by atoms with Crippen molar-refractivity contribution in [1.29, 1.82) is 0 Å². The van der Waals surface area contributed by atoms with Gasteiger partial charge >= 0.3 is 11.9 Å². The average Bonchev–Trinajstić information content (AvgIpc) is 2.67. The van der Waals surface area contributed by atoms with Gasteiger partial charge in [0.2, 0.25) is 0 Å². The molecule has 0 spiro atoms. The molecule has 0 fully saturated rings. The van der Waals surface area contributed by atoms with Crippen LogP contribution in [0.2, 0.25) is 0 Å². The van der Waals surface area contributed by atoms with E-state index in [2.05, 4.69) is 5.32 Å². The first kappa shape index (κ1) is 21.8. The topological polar surface area (TPSA) is 90.9 Å². The lowest BCUT2D eigenvalue weighted by molar-refractivity contribution is -0.149. The zero-order chi connectivity index (χ0) is 19.5. The largest absolute Gasteiger partial charge is 0.497 e. The van der Waals surface area contributed by atoms with Gasteiger partial charge in [-0.3, -0.25) is 9.59 Å². The monoisotopic (exact) mass is 383 g/mol. The number of ether oxygens (including phenoxy) is 3. The van der Waals surface area contributed by atoms with Gasteiger partial charge in [-0.15, -0.1) is 11.8 Å². The summed E-state index contributed by atoms with van der Waals surface area (Å²) in [6.45, 7) is 3.30. The second kappa shape index (κ2) is 11.4. The van der Waals surface area contributed by atoms with Crippen LogP contribution in [-0.2, 0) is 23.9 Å². The third-order valence-electron chi connectivity index (χ3n) is 3.76. The van der Waals surface area contributed by atoms with E-state index in [9.17, 15) is 14.4 Å². The lowest BCUT2D eigenvalue weighted by Crippen LogP contribution is -2.47. The van der Waals surface area contributed by atoms with E-state index in [0.717, 1.165) is 10.6 Å². The number of carbonyl (C=O) groups is 3. The smallest absolute Gasteiger partial charge is 0.328 e. The molecule has 1 amide bonds. The van der Waals surface area contributed by atoms with Crippen molar-refractivity contribution < 1.29 is 28.6 Å². The van der Waals surface area contributed by atoms with Gasteiger partial charge in [0.1, 0.15) is 11.8 Å². The van der Waals surface area contributed by atoms with Crippen LogP contribution in [0.15, 0.2) is 29.2 Å². The Bertz CT molecular complexity index is 604. The molecule has 0 aromatic heterocycles. The molecule has 0 aliphatic heterocycles. The highest BCUT2D eigenvalue weighted by molar-refractivity contribution is 8.00. The summed E-state index contributed by atoms with van der Waals surface area (Å²) in [7, 11) is 2.84. The third kappa shape index (κ3) is 7.35. The molecule has 26 heavy (non-hydrogen) atoms. The van der Waals surface area contributed by atoms with Crippen LogP contribution in [0.25, 0.3) is 0 Å². The van der Waals surface area contributed by atoms with Crippen LogP contribution in [-0.4, -0.2) is 50.5 Å². The second-order valence-corrected chi connectivity index (χ2v) is 6.63. The lowest BCUT2D eigenvalue weighted by Gasteiger charge is -2.21. The number of amides is 1. The molecule has 2 atom stereocenters. The molecule has 0 aliphatic carbocycles. The number of thioether (sulfide) groups is 1. The standard InChI is InChI=1S/C18H25NO6S/c1-5-12(2)17(18(22)24-4)19-15(20)10-25-16(21)11-26-14-8-6-13(23-3)7-9-14/h6-9,12,17H,5,10-11H2,1-4H3,(H,19,20)/t12-,17-/m1/s1. The van der Waals surface area contributed by atoms with Crippen molar-refractivity contribution >= 4 is 29.6 Å². The average molecular weight is 383 g/mol. The van der Waals surface area contributed by atoms with E-state index in [1.165, 1.54) is 18.9 Å². The van der Waals surface area contributed by atoms with E-state index in [1.54, 1.807) is 19.2 Å². The van der Waals surface area contributed by atoms with Crippen molar-refractivity contribution in [3.05, 3.63) is 24.3 Å². The van der Waals surface area contributed by atoms with Gasteiger partial charge in [-0.05, 0) is 30.2 Å². The van der Waals surface area contributed by atoms with Crippen LogP contribution >= 0.6 is 11.8 Å². The van der Waals surface area contributed by atoms with Gasteiger partial charge in [0.25, 0.3) is 5.91 Å². The maximum absolute atomic E-state index is 11.9. The predicted molar refractivity (Wildman–Crippen MR) is 98.1 cm³/mol. The Morgan fingerprint density at radius 1 is 1.15 bits per heavy atom. The summed E-state index contributed by atoms with van der Waals surface area (Å²) in [5.74, 6) is -0.856. The number of carbonyl (C=O) groups excluding carboxylic acids is 3. The Kier molecular flexibility index (Phi) is 9.57. The minimum atomic E-state index is -0.759. The van der Waals surface area contributed by atoms with Crippen molar-refractivity contribution in [3.8, 4) is 5.75 Å². The van der Waals surface area contributed by atoms with Gasteiger partial charge in [0, 0.05) is 4.90 Å². The van der Waals surface area contributed by atoms with Crippen molar-refractivity contribution in [1.82, 2.24) is 5.32 Å². The van der Waals surface area contributed by atoms with Gasteiger partial charge in [-0.1, -0.05) is 20.3 Å². The number of rotatable bonds is 10. The van der Waals surface area contributed by atoms with Crippen molar-refractivity contribution in [2.45, 2.75) is 31.2 Å². The van der Waals surface area contributed by atoms with E-state index < -0.39 is 30.5 Å². The number of hydrogen-bond donors (Lipinski definition) is 1. The number of esters is 2. The summed E-state index contributed by atoms with van der Waals surface area (Å²) in [6.07, 6.45) is 0.693. The van der Waals surface area contributed by atoms with Gasteiger partial charge in [0.05, 0.1) is 20.0 Å². The first-order valence-electron chi connectivity index (χ1n) is 8.20. The molecule has 1 aromatic rings. The highest BCUT2D eigenvalue weighted by Gasteiger charge is 2.26. The Morgan fingerprint density at radius 3 is 2.35 bits per heavy atom. The third-order valence-corrected chi connectivity index (χ3v) is 4.75. The minimum Gasteiger partial charge on any atom is -0.497 e. The summed E-state index contributed by atoms with van der Waals surface area (Å²) in [5.41, 5.74) is 0. The lowest BCUT2D eigenvalue weighted by atomic mass is 9.99. The first-order valence-corrected chi connectivity index (χ1v) is 9.19. The molecule has 0 radical (unpaired) electrons. The van der Waals surface area contributed by atoms with Crippen LogP contribution in [0.1, 0.15) is 20.3 Å². The van der Waals surface area contributed by atoms with Crippen LogP contribution < -0.4 is 10.1 Å². The molecule has 0 saturated heterocycles. The van der Waals surface area contributed by atoms with Crippen LogP contribution in [0.3, 0.4) is 0 Å². The zero-order valence-corrected chi connectivity index (χ0v) is 16.3. The Labute approximate surface area is 157 Å². The van der Waals surface area contributed by atoms with E-state index >= 15 is 0 Å². The molecule has 1 aromatic carbocycles. The van der Waals surface area contributed by atoms with Gasteiger partial charge in [-0.25, -0.2) is 4.79 Å². The molecule has 7 nitrogen and oxygen atoms in total. The molecule has 0 heterocycles. The maximum atomic E-state index is 11.9. The number of methoxy groups -OCH3 is 2. The normalized spacial score (nSPS) is 12.6. The van der Waals surface area contributed by atoms with Crippen LogP contribution in [0, 0.1) is 5.92 Å². The molecular weight excluding hydrogens is 358 g/mol. The molecule has 0 aliphatic rings. The SMILES string of the molecule is CC[C@@H](C)[C@@H](NC(=O)COC(=O)CSc1ccc(OC)cc1)C(=O)OC. The van der Waals surface area contributed by atoms with Crippen LogP contribution in [0.4, 0.5) is 0 Å². The first-order chi connectivity index (χ1) is 12.4. The summed E-state index contributed by atoms with van der Waals surface area (Å²) in [4.78, 5) is 36.3. The molecule has 0 bridgehead atoms. The van der Waals surface area contributed by atoms with Gasteiger partial charge in [-0.2, -0.15) is 0 Å². The number of hydrogen-bond acceptors (Lipinski definition) is 7. The predicted octanol–water partition coefficient (Wildman–Crippen LogP) is 2.03. The number of nitrogens with one attached hydrogen (secondary N) is 1. The second-order valence-electron chi connectivity index (χ2n) is 5.58. The van der Waals surface area contributed by atoms with E-state index in [-0.39, 0.29) is 11.7 Å². The van der Waals surface area contributed by atoms with Crippen molar-refractivity contribution in [2.75, 3.05) is 26.6 Å². The molecule has 0 saturated carbocycles. The molecule has 0 unspecified atom stereocenters. The fraction of sp³-hybridized carbons (Fsp3) is 0.500. The van der Waals surface area contributed by atoms with E-state index in [1.807, 2.05) is 26.0 Å². The molecule has 8 heteroatoms. The maximum Gasteiger partial charge on any atom is 0.328 e. The van der Waals surface area contributed by atoms with Crippen molar-refractivity contribution in [2.24, 2.45) is 5.92 Å². The fourth-order valence-electron chi connectivity index (χ4n) is 2.01.